The van der Waals surface area contributed by atoms with E-state index in [0.29, 0.717) is 22.3 Å². The van der Waals surface area contributed by atoms with Gasteiger partial charge in [0, 0.05) is 22.0 Å². The Bertz CT molecular complexity index is 1470. The van der Waals surface area contributed by atoms with Gasteiger partial charge in [0.05, 0.1) is 22.0 Å². The third-order valence-electron chi connectivity index (χ3n) is 5.65. The molecular formula is C26H23BrN4O4. The summed E-state index contributed by atoms with van der Waals surface area (Å²) in [6.45, 7) is 4.13. The van der Waals surface area contributed by atoms with Crippen molar-refractivity contribution in [2.24, 2.45) is 5.10 Å². The second kappa shape index (κ2) is 10.6. The lowest BCUT2D eigenvalue weighted by Gasteiger charge is -2.14. The molecule has 178 valence electrons. The monoisotopic (exact) mass is 534 g/mol. The van der Waals surface area contributed by atoms with Crippen molar-refractivity contribution in [3.8, 4) is 5.75 Å². The van der Waals surface area contributed by atoms with Gasteiger partial charge >= 0.3 is 5.69 Å². The molecule has 3 aromatic carbocycles. The van der Waals surface area contributed by atoms with Gasteiger partial charge in [-0.3, -0.25) is 14.9 Å². The largest absolute Gasteiger partial charge is 0.481 e. The predicted molar refractivity (Wildman–Crippen MR) is 139 cm³/mol. The van der Waals surface area contributed by atoms with E-state index in [-0.39, 0.29) is 29.5 Å². The standard InChI is InChI=1S/C26H23BrN4O4/c1-3-17(2)25-29-22-13-12-20(27)14-21(22)26(32)30(25)28-15-19-10-7-11-23(31(33)34)24(19)35-16-18-8-5-4-6-9-18/h4-15,17H,3,16H2,1-2H3/t17-/m1/s1. The third kappa shape index (κ3) is 5.30. The van der Waals surface area contributed by atoms with Gasteiger partial charge in [0.25, 0.3) is 5.56 Å². The average molecular weight is 535 g/mol. The molecule has 0 N–H and O–H groups in total. The number of hydrogen-bond acceptors (Lipinski definition) is 6. The lowest BCUT2D eigenvalue weighted by atomic mass is 10.1. The van der Waals surface area contributed by atoms with E-state index in [1.54, 1.807) is 24.3 Å². The van der Waals surface area contributed by atoms with Crippen LogP contribution < -0.4 is 10.3 Å². The first kappa shape index (κ1) is 24.3. The molecule has 9 heteroatoms. The van der Waals surface area contributed by atoms with E-state index >= 15 is 0 Å². The Hall–Kier alpha value is -3.85. The minimum atomic E-state index is -0.496. The minimum Gasteiger partial charge on any atom is -0.481 e. The molecular weight excluding hydrogens is 512 g/mol. The Labute approximate surface area is 210 Å². The molecule has 4 rings (SSSR count). The number of para-hydroxylation sites is 1. The van der Waals surface area contributed by atoms with Gasteiger partial charge in [-0.2, -0.15) is 9.78 Å². The Morgan fingerprint density at radius 3 is 2.66 bits per heavy atom. The van der Waals surface area contributed by atoms with Crippen molar-refractivity contribution < 1.29 is 9.66 Å². The highest BCUT2D eigenvalue weighted by molar-refractivity contribution is 9.10. The van der Waals surface area contributed by atoms with Gasteiger partial charge in [-0.15, -0.1) is 0 Å². The van der Waals surface area contributed by atoms with Crippen molar-refractivity contribution in [1.82, 2.24) is 9.66 Å². The predicted octanol–water partition coefficient (Wildman–Crippen LogP) is 6.04. The van der Waals surface area contributed by atoms with Crippen LogP contribution >= 0.6 is 15.9 Å². The molecule has 8 nitrogen and oxygen atoms in total. The summed E-state index contributed by atoms with van der Waals surface area (Å²) in [6, 6.07) is 19.3. The molecule has 0 aliphatic heterocycles. The highest BCUT2D eigenvalue weighted by Crippen LogP contribution is 2.31. The molecule has 1 atom stereocenters. The van der Waals surface area contributed by atoms with Gasteiger partial charge in [0.1, 0.15) is 12.4 Å². The van der Waals surface area contributed by atoms with Crippen LogP contribution in [0.1, 0.15) is 43.1 Å². The number of halogens is 1. The van der Waals surface area contributed by atoms with Crippen molar-refractivity contribution in [3.05, 3.63) is 109 Å². The summed E-state index contributed by atoms with van der Waals surface area (Å²) < 4.78 is 7.90. The molecule has 35 heavy (non-hydrogen) atoms. The SMILES string of the molecule is CC[C@@H](C)c1nc2ccc(Br)cc2c(=O)n1N=Cc1cccc([N+](=O)[O-])c1OCc1ccccc1. The van der Waals surface area contributed by atoms with Crippen molar-refractivity contribution in [1.29, 1.82) is 0 Å². The number of nitro benzene ring substituents is 1. The highest BCUT2D eigenvalue weighted by Gasteiger charge is 2.20. The zero-order chi connectivity index (χ0) is 24.9. The van der Waals surface area contributed by atoms with Gasteiger partial charge in [0.15, 0.2) is 0 Å². The van der Waals surface area contributed by atoms with Crippen LogP contribution in [0, 0.1) is 10.1 Å². The summed E-state index contributed by atoms with van der Waals surface area (Å²) in [5, 5.41) is 16.5. The minimum absolute atomic E-state index is 0.0354. The number of nitro groups is 1. The van der Waals surface area contributed by atoms with Crippen LogP contribution in [0.15, 0.2) is 81.1 Å². The zero-order valence-electron chi connectivity index (χ0n) is 19.2. The Kier molecular flexibility index (Phi) is 7.36. The molecule has 0 fully saturated rings. The van der Waals surface area contributed by atoms with E-state index in [0.717, 1.165) is 16.5 Å². The number of hydrogen-bond donors (Lipinski definition) is 0. The second-order valence-corrected chi connectivity index (χ2v) is 8.94. The fourth-order valence-corrected chi connectivity index (χ4v) is 3.93. The Morgan fingerprint density at radius 1 is 1.17 bits per heavy atom. The van der Waals surface area contributed by atoms with Crippen molar-refractivity contribution >= 4 is 38.7 Å². The lowest BCUT2D eigenvalue weighted by Crippen LogP contribution is -2.23. The van der Waals surface area contributed by atoms with Gasteiger partial charge in [-0.1, -0.05) is 66.2 Å². The summed E-state index contributed by atoms with van der Waals surface area (Å²) in [6.07, 6.45) is 2.17. The topological polar surface area (TPSA) is 99.6 Å². The number of nitrogens with zero attached hydrogens (tertiary/aromatic N) is 4. The number of aromatic nitrogens is 2. The molecule has 0 aliphatic carbocycles. The molecule has 0 amide bonds. The van der Waals surface area contributed by atoms with Gasteiger partial charge < -0.3 is 4.74 Å². The molecule has 4 aromatic rings. The van der Waals surface area contributed by atoms with Gasteiger partial charge in [-0.05, 0) is 36.2 Å². The summed E-state index contributed by atoms with van der Waals surface area (Å²) >= 11 is 3.40. The van der Waals surface area contributed by atoms with E-state index in [9.17, 15) is 14.9 Å². The molecule has 0 bridgehead atoms. The Morgan fingerprint density at radius 2 is 1.94 bits per heavy atom. The quantitative estimate of drug-likeness (QED) is 0.156. The van der Waals surface area contributed by atoms with Crippen molar-refractivity contribution in [2.45, 2.75) is 32.8 Å². The molecule has 0 saturated heterocycles. The molecule has 0 saturated carbocycles. The normalized spacial score (nSPS) is 12.2. The molecule has 1 aromatic heterocycles. The number of fused-ring (bicyclic) bond motifs is 1. The lowest BCUT2D eigenvalue weighted by molar-refractivity contribution is -0.385. The van der Waals surface area contributed by atoms with Crippen LogP contribution in [-0.4, -0.2) is 20.8 Å². The molecule has 1 heterocycles. The highest BCUT2D eigenvalue weighted by atomic mass is 79.9. The second-order valence-electron chi connectivity index (χ2n) is 8.03. The number of ether oxygens (including phenoxy) is 1. The van der Waals surface area contributed by atoms with Crippen molar-refractivity contribution in [2.75, 3.05) is 0 Å². The fourth-order valence-electron chi connectivity index (χ4n) is 3.57. The smallest absolute Gasteiger partial charge is 0.311 e. The van der Waals surface area contributed by atoms with Crippen LogP contribution in [-0.2, 0) is 6.61 Å². The van der Waals surface area contributed by atoms with E-state index in [4.69, 9.17) is 9.72 Å². The van der Waals surface area contributed by atoms with Crippen LogP contribution in [0.2, 0.25) is 0 Å². The first-order valence-electron chi connectivity index (χ1n) is 11.1. The number of benzene rings is 3. The van der Waals surface area contributed by atoms with Crippen LogP contribution in [0.25, 0.3) is 10.9 Å². The molecule has 0 spiro atoms. The van der Waals surface area contributed by atoms with E-state index in [2.05, 4.69) is 21.0 Å². The zero-order valence-corrected chi connectivity index (χ0v) is 20.8. The fraction of sp³-hybridized carbons (Fsp3) is 0.192. The first-order chi connectivity index (χ1) is 16.9. The van der Waals surface area contributed by atoms with Gasteiger partial charge in [-0.25, -0.2) is 4.98 Å². The summed E-state index contributed by atoms with van der Waals surface area (Å²) in [4.78, 5) is 29.2. The maximum absolute atomic E-state index is 13.4. The maximum Gasteiger partial charge on any atom is 0.311 e. The summed E-state index contributed by atoms with van der Waals surface area (Å²) in [5.41, 5.74) is 1.33. The average Bonchev–Trinajstić information content (AvgIpc) is 2.87. The third-order valence-corrected chi connectivity index (χ3v) is 6.14. The van der Waals surface area contributed by atoms with Crippen LogP contribution in [0.4, 0.5) is 5.69 Å². The van der Waals surface area contributed by atoms with E-state index in [1.807, 2.05) is 50.2 Å². The van der Waals surface area contributed by atoms with Gasteiger partial charge in [0.2, 0.25) is 5.75 Å². The molecule has 0 radical (unpaired) electrons. The summed E-state index contributed by atoms with van der Waals surface area (Å²) in [5.74, 6) is 0.562. The van der Waals surface area contributed by atoms with E-state index in [1.165, 1.54) is 17.0 Å². The maximum atomic E-state index is 13.4. The first-order valence-corrected chi connectivity index (χ1v) is 11.9. The van der Waals surface area contributed by atoms with Crippen molar-refractivity contribution in [3.63, 3.8) is 0 Å². The van der Waals surface area contributed by atoms with Crippen LogP contribution in [0.3, 0.4) is 0 Å². The van der Waals surface area contributed by atoms with E-state index < -0.39 is 4.92 Å². The molecule has 0 unspecified atom stereocenters. The Balaban J connectivity index is 1.81. The number of rotatable bonds is 8. The summed E-state index contributed by atoms with van der Waals surface area (Å²) in [7, 11) is 0. The molecule has 0 aliphatic rings. The van der Waals surface area contributed by atoms with Crippen LogP contribution in [0.5, 0.6) is 5.75 Å².